The van der Waals surface area contributed by atoms with Gasteiger partial charge in [-0.05, 0) is 24.3 Å². The van der Waals surface area contributed by atoms with Crippen molar-refractivity contribution in [2.24, 2.45) is 0 Å². The average Bonchev–Trinajstić information content (AvgIpc) is 2.46. The molecule has 0 aromatic heterocycles. The highest BCUT2D eigenvalue weighted by atomic mass is 35.5. The maximum Gasteiger partial charge on any atom is 0.139 e. The highest BCUT2D eigenvalue weighted by Gasteiger charge is 2.00. The first-order chi connectivity index (χ1) is 9.29. The standard InChI is InChI=1S/C16H14ClNO/c1-19-16-12-14(9-10-15(16)17)18-11-5-8-13-6-3-2-4-7-13/h2-4,6-7,9-10,12,18H,11H2,1H3. The fraction of sp³-hybridized carbons (Fsp3) is 0.125. The van der Waals surface area contributed by atoms with Crippen molar-refractivity contribution in [3.63, 3.8) is 0 Å². The van der Waals surface area contributed by atoms with Gasteiger partial charge in [-0.3, -0.25) is 0 Å². The number of halogens is 1. The van der Waals surface area contributed by atoms with E-state index in [9.17, 15) is 0 Å². The molecule has 0 fully saturated rings. The fourth-order valence-corrected chi connectivity index (χ4v) is 1.78. The van der Waals surface area contributed by atoms with Gasteiger partial charge in [-0.25, -0.2) is 0 Å². The molecule has 0 heterocycles. The molecule has 2 aromatic rings. The summed E-state index contributed by atoms with van der Waals surface area (Å²) in [4.78, 5) is 0. The van der Waals surface area contributed by atoms with Crippen LogP contribution in [0.5, 0.6) is 5.75 Å². The van der Waals surface area contributed by atoms with Crippen LogP contribution in [-0.4, -0.2) is 13.7 Å². The Morgan fingerprint density at radius 1 is 1.16 bits per heavy atom. The second-order valence-corrected chi connectivity index (χ2v) is 4.28. The van der Waals surface area contributed by atoms with E-state index in [1.807, 2.05) is 42.5 Å². The second kappa shape index (κ2) is 6.72. The number of anilines is 1. The fourth-order valence-electron chi connectivity index (χ4n) is 1.58. The van der Waals surface area contributed by atoms with Crippen LogP contribution in [-0.2, 0) is 0 Å². The molecule has 2 aromatic carbocycles. The molecule has 0 amide bonds. The summed E-state index contributed by atoms with van der Waals surface area (Å²) in [6, 6.07) is 15.4. The van der Waals surface area contributed by atoms with Crippen LogP contribution < -0.4 is 10.1 Å². The first-order valence-electron chi connectivity index (χ1n) is 5.91. The van der Waals surface area contributed by atoms with Crippen LogP contribution in [0.25, 0.3) is 0 Å². The lowest BCUT2D eigenvalue weighted by atomic mass is 10.2. The number of benzene rings is 2. The van der Waals surface area contributed by atoms with Crippen molar-refractivity contribution >= 4 is 17.3 Å². The van der Waals surface area contributed by atoms with Crippen molar-refractivity contribution in [1.29, 1.82) is 0 Å². The van der Waals surface area contributed by atoms with Crippen molar-refractivity contribution in [2.45, 2.75) is 0 Å². The number of rotatable bonds is 3. The SMILES string of the molecule is COc1cc(NCC#Cc2ccccc2)ccc1Cl. The summed E-state index contributed by atoms with van der Waals surface area (Å²) in [5.74, 6) is 6.81. The molecule has 0 bridgehead atoms. The van der Waals surface area contributed by atoms with E-state index in [-0.39, 0.29) is 0 Å². The first-order valence-corrected chi connectivity index (χ1v) is 6.29. The third kappa shape index (κ3) is 3.94. The third-order valence-electron chi connectivity index (χ3n) is 2.54. The Labute approximate surface area is 118 Å². The smallest absolute Gasteiger partial charge is 0.139 e. The zero-order chi connectivity index (χ0) is 13.5. The minimum Gasteiger partial charge on any atom is -0.495 e. The van der Waals surface area contributed by atoms with Gasteiger partial charge in [0.2, 0.25) is 0 Å². The summed E-state index contributed by atoms with van der Waals surface area (Å²) in [5, 5.41) is 3.80. The van der Waals surface area contributed by atoms with Crippen LogP contribution in [0.2, 0.25) is 5.02 Å². The van der Waals surface area contributed by atoms with Crippen molar-refractivity contribution in [3.8, 4) is 17.6 Å². The van der Waals surface area contributed by atoms with E-state index >= 15 is 0 Å². The molecule has 0 aliphatic rings. The van der Waals surface area contributed by atoms with E-state index in [0.717, 1.165) is 11.3 Å². The molecule has 3 heteroatoms. The van der Waals surface area contributed by atoms with Gasteiger partial charge in [0, 0.05) is 17.3 Å². The van der Waals surface area contributed by atoms with E-state index in [2.05, 4.69) is 17.2 Å². The van der Waals surface area contributed by atoms with Gasteiger partial charge in [-0.1, -0.05) is 41.6 Å². The topological polar surface area (TPSA) is 21.3 Å². The summed E-state index contributed by atoms with van der Waals surface area (Å²) in [6.07, 6.45) is 0. The van der Waals surface area contributed by atoms with E-state index in [0.29, 0.717) is 17.3 Å². The molecule has 0 unspecified atom stereocenters. The highest BCUT2D eigenvalue weighted by molar-refractivity contribution is 6.32. The molecule has 0 aliphatic heterocycles. The van der Waals surface area contributed by atoms with Gasteiger partial charge in [0.05, 0.1) is 18.7 Å². The summed E-state index contributed by atoms with van der Waals surface area (Å²) in [6.45, 7) is 0.569. The van der Waals surface area contributed by atoms with Crippen LogP contribution in [0.4, 0.5) is 5.69 Å². The summed E-state index contributed by atoms with van der Waals surface area (Å²) in [5.41, 5.74) is 1.95. The lowest BCUT2D eigenvalue weighted by Crippen LogP contribution is -1.99. The minimum absolute atomic E-state index is 0.569. The van der Waals surface area contributed by atoms with E-state index in [4.69, 9.17) is 16.3 Å². The summed E-state index contributed by atoms with van der Waals surface area (Å²) >= 11 is 5.96. The molecule has 0 spiro atoms. The molecule has 0 radical (unpaired) electrons. The monoisotopic (exact) mass is 271 g/mol. The third-order valence-corrected chi connectivity index (χ3v) is 2.85. The average molecular weight is 272 g/mol. The van der Waals surface area contributed by atoms with Crippen molar-refractivity contribution < 1.29 is 4.74 Å². The first kappa shape index (κ1) is 13.3. The number of hydrogen-bond acceptors (Lipinski definition) is 2. The predicted molar refractivity (Wildman–Crippen MR) is 79.8 cm³/mol. The van der Waals surface area contributed by atoms with Crippen LogP contribution in [0.1, 0.15) is 5.56 Å². The van der Waals surface area contributed by atoms with E-state index < -0.39 is 0 Å². The number of nitrogens with one attached hydrogen (secondary N) is 1. The van der Waals surface area contributed by atoms with Gasteiger partial charge >= 0.3 is 0 Å². The van der Waals surface area contributed by atoms with Crippen LogP contribution in [0.3, 0.4) is 0 Å². The quantitative estimate of drug-likeness (QED) is 0.857. The Hall–Kier alpha value is -2.11. The van der Waals surface area contributed by atoms with Crippen molar-refractivity contribution in [2.75, 3.05) is 19.0 Å². The molecule has 1 N–H and O–H groups in total. The molecule has 2 rings (SSSR count). The normalized spacial score (nSPS) is 9.37. The lowest BCUT2D eigenvalue weighted by molar-refractivity contribution is 0.415. The van der Waals surface area contributed by atoms with Crippen LogP contribution in [0.15, 0.2) is 48.5 Å². The van der Waals surface area contributed by atoms with Gasteiger partial charge in [-0.2, -0.15) is 0 Å². The van der Waals surface area contributed by atoms with Gasteiger partial charge in [0.15, 0.2) is 0 Å². The Balaban J connectivity index is 1.95. The lowest BCUT2D eigenvalue weighted by Gasteiger charge is -2.06. The summed E-state index contributed by atoms with van der Waals surface area (Å²) in [7, 11) is 1.60. The van der Waals surface area contributed by atoms with Gasteiger partial charge in [0.25, 0.3) is 0 Å². The van der Waals surface area contributed by atoms with Crippen molar-refractivity contribution in [3.05, 3.63) is 59.1 Å². The largest absolute Gasteiger partial charge is 0.495 e. The maximum atomic E-state index is 5.96. The maximum absolute atomic E-state index is 5.96. The second-order valence-electron chi connectivity index (χ2n) is 3.87. The van der Waals surface area contributed by atoms with Crippen LogP contribution >= 0.6 is 11.6 Å². The Bertz CT molecular complexity index is 599. The Morgan fingerprint density at radius 2 is 1.95 bits per heavy atom. The number of methoxy groups -OCH3 is 1. The van der Waals surface area contributed by atoms with Crippen LogP contribution in [0, 0.1) is 11.8 Å². The molecule has 0 aliphatic carbocycles. The summed E-state index contributed by atoms with van der Waals surface area (Å²) < 4.78 is 5.15. The molecule has 0 saturated carbocycles. The van der Waals surface area contributed by atoms with Gasteiger partial charge < -0.3 is 10.1 Å². The number of hydrogen-bond donors (Lipinski definition) is 1. The minimum atomic E-state index is 0.569. The molecule has 0 saturated heterocycles. The molecular formula is C16H14ClNO. The molecular weight excluding hydrogens is 258 g/mol. The molecule has 19 heavy (non-hydrogen) atoms. The Kier molecular flexibility index (Phi) is 4.72. The van der Waals surface area contributed by atoms with E-state index in [1.54, 1.807) is 13.2 Å². The predicted octanol–water partition coefficient (Wildman–Crippen LogP) is 3.81. The zero-order valence-corrected chi connectivity index (χ0v) is 11.4. The molecule has 0 atom stereocenters. The van der Waals surface area contributed by atoms with Gasteiger partial charge in [0.1, 0.15) is 5.75 Å². The zero-order valence-electron chi connectivity index (χ0n) is 10.6. The number of ether oxygens (including phenoxy) is 1. The van der Waals surface area contributed by atoms with Gasteiger partial charge in [-0.15, -0.1) is 0 Å². The Morgan fingerprint density at radius 3 is 2.68 bits per heavy atom. The molecule has 2 nitrogen and oxygen atoms in total. The van der Waals surface area contributed by atoms with Crippen molar-refractivity contribution in [1.82, 2.24) is 0 Å². The molecule has 96 valence electrons. The highest BCUT2D eigenvalue weighted by Crippen LogP contribution is 2.27. The van der Waals surface area contributed by atoms with E-state index in [1.165, 1.54) is 0 Å².